The van der Waals surface area contributed by atoms with Crippen molar-refractivity contribution in [2.24, 2.45) is 11.8 Å². The van der Waals surface area contributed by atoms with Gasteiger partial charge in [0.15, 0.2) is 0 Å². The van der Waals surface area contributed by atoms with Crippen LogP contribution >= 0.6 is 0 Å². The van der Waals surface area contributed by atoms with Crippen LogP contribution in [0.3, 0.4) is 0 Å². The summed E-state index contributed by atoms with van der Waals surface area (Å²) in [5, 5.41) is 36.2. The molecule has 0 saturated carbocycles. The van der Waals surface area contributed by atoms with Gasteiger partial charge in [0.1, 0.15) is 5.92 Å². The average Bonchev–Trinajstić information content (AvgIpc) is 2.42. The first kappa shape index (κ1) is 22.3. The molecule has 0 aliphatic carbocycles. The van der Waals surface area contributed by atoms with E-state index >= 15 is 0 Å². The molecule has 0 rings (SSSR count). The lowest BCUT2D eigenvalue weighted by Crippen LogP contribution is -2.31. The Balaban J connectivity index is 4.14. The summed E-state index contributed by atoms with van der Waals surface area (Å²) in [6, 6.07) is 0. The van der Waals surface area contributed by atoms with Crippen LogP contribution in [0.15, 0.2) is 23.3 Å². The summed E-state index contributed by atoms with van der Waals surface area (Å²) in [6.07, 6.45) is 5.76. The minimum absolute atomic E-state index is 0.361. The van der Waals surface area contributed by atoms with Gasteiger partial charge < -0.3 is 20.4 Å². The molecule has 0 aromatic rings. The Morgan fingerprint density at radius 1 is 1.04 bits per heavy atom. The van der Waals surface area contributed by atoms with Gasteiger partial charge in [-0.25, -0.2) is 4.79 Å². The molecule has 24 heavy (non-hydrogen) atoms. The molecule has 0 amide bonds. The van der Waals surface area contributed by atoms with Crippen molar-refractivity contribution >= 4 is 11.9 Å². The lowest BCUT2D eigenvalue weighted by molar-refractivity contribution is -0.147. The van der Waals surface area contributed by atoms with Crippen molar-refractivity contribution in [3.63, 3.8) is 0 Å². The normalized spacial score (nSPS) is 16.5. The van der Waals surface area contributed by atoms with Gasteiger partial charge in [-0.15, -0.1) is 0 Å². The number of aliphatic hydroxyl groups is 2. The van der Waals surface area contributed by atoms with Crippen molar-refractivity contribution in [3.05, 3.63) is 23.3 Å². The third-order valence-electron chi connectivity index (χ3n) is 3.92. The van der Waals surface area contributed by atoms with Crippen molar-refractivity contribution in [1.82, 2.24) is 0 Å². The third kappa shape index (κ3) is 10.2. The number of carboxylic acid groups (broad SMARTS) is 2. The fraction of sp³-hybridized carbons (Fsp3) is 0.667. The molecule has 0 fully saturated rings. The van der Waals surface area contributed by atoms with Crippen LogP contribution in [-0.2, 0) is 9.59 Å². The monoisotopic (exact) mass is 342 g/mol. The molecular weight excluding hydrogens is 312 g/mol. The Hall–Kier alpha value is -1.66. The highest BCUT2D eigenvalue weighted by atomic mass is 16.4. The maximum atomic E-state index is 10.8. The van der Waals surface area contributed by atoms with E-state index in [0.717, 1.165) is 24.8 Å². The number of rotatable bonds is 12. The second-order valence-electron chi connectivity index (χ2n) is 6.51. The molecule has 0 aliphatic rings. The van der Waals surface area contributed by atoms with Gasteiger partial charge in [-0.2, -0.15) is 0 Å². The Morgan fingerprint density at radius 3 is 2.12 bits per heavy atom. The van der Waals surface area contributed by atoms with Crippen LogP contribution in [0.1, 0.15) is 52.9 Å². The molecule has 0 aromatic heterocycles. The number of unbranched alkanes of at least 4 members (excludes halogenated alkanes) is 1. The molecule has 0 spiro atoms. The van der Waals surface area contributed by atoms with Gasteiger partial charge in [0.25, 0.3) is 0 Å². The maximum Gasteiger partial charge on any atom is 0.328 e. The number of aliphatic hydroxyl groups excluding tert-OH is 2. The van der Waals surface area contributed by atoms with E-state index in [4.69, 9.17) is 15.3 Å². The topological polar surface area (TPSA) is 115 Å². The van der Waals surface area contributed by atoms with Gasteiger partial charge in [-0.3, -0.25) is 4.79 Å². The van der Waals surface area contributed by atoms with Gasteiger partial charge in [0.05, 0.1) is 12.7 Å². The van der Waals surface area contributed by atoms with Gasteiger partial charge in [-0.1, -0.05) is 37.8 Å². The van der Waals surface area contributed by atoms with E-state index in [0.29, 0.717) is 24.3 Å². The Bertz CT molecular complexity index is 466. The molecule has 6 heteroatoms. The van der Waals surface area contributed by atoms with Gasteiger partial charge >= 0.3 is 11.9 Å². The van der Waals surface area contributed by atoms with E-state index in [9.17, 15) is 14.7 Å². The molecule has 0 aliphatic heterocycles. The average molecular weight is 342 g/mol. The van der Waals surface area contributed by atoms with E-state index < -0.39 is 30.6 Å². The quantitative estimate of drug-likeness (QED) is 0.246. The van der Waals surface area contributed by atoms with Gasteiger partial charge in [0, 0.05) is 6.08 Å². The summed E-state index contributed by atoms with van der Waals surface area (Å²) in [7, 11) is 0. The smallest absolute Gasteiger partial charge is 0.328 e. The van der Waals surface area contributed by atoms with Crippen LogP contribution in [0.5, 0.6) is 0 Å². The highest BCUT2D eigenvalue weighted by Crippen LogP contribution is 2.20. The molecule has 138 valence electrons. The van der Waals surface area contributed by atoms with Crippen molar-refractivity contribution < 1.29 is 30.0 Å². The first-order valence-corrected chi connectivity index (χ1v) is 8.27. The molecule has 0 radical (unpaired) electrons. The van der Waals surface area contributed by atoms with Crippen molar-refractivity contribution in [2.75, 3.05) is 6.61 Å². The molecule has 4 N–H and O–H groups in total. The molecule has 0 unspecified atom stereocenters. The Morgan fingerprint density at radius 2 is 1.62 bits per heavy atom. The second kappa shape index (κ2) is 11.8. The summed E-state index contributed by atoms with van der Waals surface area (Å²) in [6.45, 7) is 5.28. The first-order valence-electron chi connectivity index (χ1n) is 8.27. The predicted molar refractivity (Wildman–Crippen MR) is 91.6 cm³/mol. The molecular formula is C18H30O6. The Labute approximate surface area is 143 Å². The zero-order chi connectivity index (χ0) is 18.7. The molecule has 3 atom stereocenters. The Kier molecular flexibility index (Phi) is 11.0. The van der Waals surface area contributed by atoms with Crippen molar-refractivity contribution in [1.29, 1.82) is 0 Å². The van der Waals surface area contributed by atoms with Crippen molar-refractivity contribution in [2.45, 2.75) is 59.0 Å². The van der Waals surface area contributed by atoms with Gasteiger partial charge in [-0.05, 0) is 38.2 Å². The third-order valence-corrected chi connectivity index (χ3v) is 3.92. The molecule has 0 bridgehead atoms. The minimum Gasteiger partial charge on any atom is -0.481 e. The molecule has 0 saturated heterocycles. The molecule has 6 nitrogen and oxygen atoms in total. The van der Waals surface area contributed by atoms with Crippen LogP contribution in [0.25, 0.3) is 0 Å². The lowest BCUT2D eigenvalue weighted by atomic mass is 9.93. The van der Waals surface area contributed by atoms with E-state index in [1.54, 1.807) is 6.92 Å². The number of hydrogen-bond acceptors (Lipinski definition) is 4. The summed E-state index contributed by atoms with van der Waals surface area (Å²) >= 11 is 0. The van der Waals surface area contributed by atoms with E-state index in [-0.39, 0.29) is 0 Å². The first-order chi connectivity index (χ1) is 11.2. The fourth-order valence-electron chi connectivity index (χ4n) is 2.75. The van der Waals surface area contributed by atoms with Crippen molar-refractivity contribution in [3.8, 4) is 0 Å². The fourth-order valence-corrected chi connectivity index (χ4v) is 2.75. The number of allylic oxidation sites excluding steroid dienone is 3. The number of carbonyl (C=O) groups is 2. The van der Waals surface area contributed by atoms with Crippen LogP contribution in [0.4, 0.5) is 0 Å². The second-order valence-corrected chi connectivity index (χ2v) is 6.51. The minimum atomic E-state index is -1.18. The lowest BCUT2D eigenvalue weighted by Gasteiger charge is -2.17. The van der Waals surface area contributed by atoms with Gasteiger partial charge in [0.2, 0.25) is 0 Å². The van der Waals surface area contributed by atoms with Crippen LogP contribution in [-0.4, -0.2) is 45.1 Å². The zero-order valence-electron chi connectivity index (χ0n) is 14.7. The van der Waals surface area contributed by atoms with Crippen LogP contribution in [0.2, 0.25) is 0 Å². The predicted octanol–water partition coefficient (Wildman–Crippen LogP) is 2.60. The highest BCUT2D eigenvalue weighted by molar-refractivity contribution is 5.81. The summed E-state index contributed by atoms with van der Waals surface area (Å²) in [5.74, 6) is -2.82. The summed E-state index contributed by atoms with van der Waals surface area (Å²) in [5.41, 5.74) is 1.82. The number of hydrogen-bond donors (Lipinski definition) is 4. The SMILES string of the molecule is CC(=C\C(=O)O)/C=C(\C)C[C@H](C)CCCC[C@H](O)[C@H](CO)C(=O)O. The largest absolute Gasteiger partial charge is 0.481 e. The van der Waals surface area contributed by atoms with E-state index in [1.807, 2.05) is 13.0 Å². The highest BCUT2D eigenvalue weighted by Gasteiger charge is 2.25. The standard InChI is InChI=1S/C18H30O6/c1-12(8-13(2)9-14(3)10-17(21)22)6-4-5-7-16(20)15(11-19)18(23)24/h9-10,12,15-16,19-20H,4-8,11H2,1-3H3,(H,21,22)(H,23,24)/b13-9+,14-10+/t12-,15+,16+/m1/s1. The van der Waals surface area contributed by atoms with Crippen LogP contribution in [0, 0.1) is 11.8 Å². The number of aliphatic carboxylic acids is 2. The summed E-state index contributed by atoms with van der Waals surface area (Å²) < 4.78 is 0. The van der Waals surface area contributed by atoms with E-state index in [1.165, 1.54) is 6.08 Å². The van der Waals surface area contributed by atoms with E-state index in [2.05, 4.69) is 6.92 Å². The summed E-state index contributed by atoms with van der Waals surface area (Å²) in [4.78, 5) is 21.4. The molecule has 0 heterocycles. The van der Waals surface area contributed by atoms with Crippen LogP contribution < -0.4 is 0 Å². The maximum absolute atomic E-state index is 10.8. The zero-order valence-corrected chi connectivity index (χ0v) is 14.7. The molecule has 0 aromatic carbocycles. The number of carboxylic acids is 2.